The van der Waals surface area contributed by atoms with Crippen molar-refractivity contribution in [3.8, 4) is 0 Å². The zero-order chi connectivity index (χ0) is 8.55. The first kappa shape index (κ1) is 7.58. The van der Waals surface area contributed by atoms with Gasteiger partial charge in [0.05, 0.1) is 12.7 Å². The summed E-state index contributed by atoms with van der Waals surface area (Å²) in [6, 6.07) is 3.61. The number of nitrogens with two attached hydrogens (primary N) is 1. The maximum Gasteiger partial charge on any atom is 0.152 e. The molecule has 0 fully saturated rings. The van der Waals surface area contributed by atoms with Gasteiger partial charge in [-0.1, -0.05) is 11.6 Å². The molecule has 0 saturated carbocycles. The Morgan fingerprint density at radius 3 is 3.08 bits per heavy atom. The molecule has 0 aliphatic heterocycles. The van der Waals surface area contributed by atoms with E-state index in [1.54, 1.807) is 12.3 Å². The van der Waals surface area contributed by atoms with Gasteiger partial charge in [0.25, 0.3) is 0 Å². The Bertz CT molecular complexity index is 410. The van der Waals surface area contributed by atoms with E-state index in [1.165, 1.54) is 0 Å². The minimum Gasteiger partial charge on any atom is -0.458 e. The third-order valence-electron chi connectivity index (χ3n) is 1.62. The second-order valence-electron chi connectivity index (χ2n) is 2.46. The first-order valence-corrected chi connectivity index (χ1v) is 3.91. The summed E-state index contributed by atoms with van der Waals surface area (Å²) in [5, 5.41) is 1.40. The van der Waals surface area contributed by atoms with Crippen LogP contribution in [-0.4, -0.2) is 4.98 Å². The molecule has 2 aromatic heterocycles. The highest BCUT2D eigenvalue weighted by Gasteiger charge is 2.02. The Labute approximate surface area is 74.1 Å². The fraction of sp³-hybridized carbons (Fsp3) is 0.125. The fourth-order valence-electron chi connectivity index (χ4n) is 1.07. The lowest BCUT2D eigenvalue weighted by Gasteiger charge is -1.87. The topological polar surface area (TPSA) is 52.0 Å². The van der Waals surface area contributed by atoms with E-state index in [-0.39, 0.29) is 0 Å². The first-order chi connectivity index (χ1) is 5.79. The van der Waals surface area contributed by atoms with Crippen LogP contribution in [0.3, 0.4) is 0 Å². The van der Waals surface area contributed by atoms with Gasteiger partial charge in [-0.05, 0) is 12.1 Å². The molecule has 0 aromatic carbocycles. The van der Waals surface area contributed by atoms with E-state index >= 15 is 0 Å². The number of halogens is 1. The van der Waals surface area contributed by atoms with E-state index in [0.717, 1.165) is 16.7 Å². The number of pyridine rings is 1. The van der Waals surface area contributed by atoms with Crippen molar-refractivity contribution in [2.45, 2.75) is 6.54 Å². The smallest absolute Gasteiger partial charge is 0.152 e. The molecule has 0 aliphatic rings. The summed E-state index contributed by atoms with van der Waals surface area (Å²) >= 11 is 5.69. The molecule has 2 rings (SSSR count). The van der Waals surface area contributed by atoms with Crippen LogP contribution in [0.5, 0.6) is 0 Å². The molecule has 0 saturated heterocycles. The predicted octanol–water partition coefficient (Wildman–Crippen LogP) is 1.94. The fourth-order valence-corrected chi connectivity index (χ4v) is 1.24. The molecule has 0 unspecified atom stereocenters. The van der Waals surface area contributed by atoms with Gasteiger partial charge in [0.15, 0.2) is 5.58 Å². The molecular formula is C8H7ClN2O. The summed E-state index contributed by atoms with van der Waals surface area (Å²) in [5.41, 5.74) is 6.13. The van der Waals surface area contributed by atoms with Crippen molar-refractivity contribution in [2.24, 2.45) is 5.73 Å². The first-order valence-electron chi connectivity index (χ1n) is 3.53. The third kappa shape index (κ3) is 1.17. The number of furan rings is 1. The van der Waals surface area contributed by atoms with Crippen molar-refractivity contribution >= 4 is 22.6 Å². The van der Waals surface area contributed by atoms with Crippen LogP contribution in [-0.2, 0) is 6.54 Å². The van der Waals surface area contributed by atoms with E-state index in [2.05, 4.69) is 4.98 Å². The van der Waals surface area contributed by atoms with Gasteiger partial charge in [-0.15, -0.1) is 0 Å². The maximum absolute atomic E-state index is 5.69. The Morgan fingerprint density at radius 1 is 1.50 bits per heavy atom. The molecule has 2 N–H and O–H groups in total. The average molecular weight is 183 g/mol. The van der Waals surface area contributed by atoms with E-state index in [9.17, 15) is 0 Å². The van der Waals surface area contributed by atoms with Crippen LogP contribution in [0.25, 0.3) is 11.0 Å². The SMILES string of the molecule is NCc1cc2cc(Cl)ncc2o1. The highest BCUT2D eigenvalue weighted by atomic mass is 35.5. The molecule has 0 radical (unpaired) electrons. The van der Waals surface area contributed by atoms with Crippen LogP contribution in [0.4, 0.5) is 0 Å². The van der Waals surface area contributed by atoms with Gasteiger partial charge in [0.2, 0.25) is 0 Å². The van der Waals surface area contributed by atoms with Gasteiger partial charge in [-0.25, -0.2) is 4.98 Å². The van der Waals surface area contributed by atoms with Gasteiger partial charge >= 0.3 is 0 Å². The number of nitrogens with zero attached hydrogens (tertiary/aromatic N) is 1. The quantitative estimate of drug-likeness (QED) is 0.686. The lowest BCUT2D eigenvalue weighted by atomic mass is 10.3. The van der Waals surface area contributed by atoms with Gasteiger partial charge in [-0.2, -0.15) is 0 Å². The second-order valence-corrected chi connectivity index (χ2v) is 2.85. The number of aromatic nitrogens is 1. The maximum atomic E-state index is 5.69. The Morgan fingerprint density at radius 2 is 2.33 bits per heavy atom. The summed E-state index contributed by atoms with van der Waals surface area (Å²) in [4.78, 5) is 3.89. The zero-order valence-corrected chi connectivity index (χ0v) is 7.01. The Balaban J connectivity index is 2.67. The van der Waals surface area contributed by atoms with Crippen LogP contribution < -0.4 is 5.73 Å². The molecule has 0 atom stereocenters. The molecule has 0 amide bonds. The summed E-state index contributed by atoms with van der Waals surface area (Å²) in [6.45, 7) is 0.395. The van der Waals surface area contributed by atoms with Crippen molar-refractivity contribution in [1.82, 2.24) is 4.98 Å². The highest BCUT2D eigenvalue weighted by Crippen LogP contribution is 2.20. The van der Waals surface area contributed by atoms with Crippen LogP contribution in [0.15, 0.2) is 22.7 Å². The molecule has 0 bridgehead atoms. The molecule has 0 spiro atoms. The summed E-state index contributed by atoms with van der Waals surface area (Å²) in [7, 11) is 0. The molecule has 62 valence electrons. The molecule has 4 heteroatoms. The zero-order valence-electron chi connectivity index (χ0n) is 6.25. The third-order valence-corrected chi connectivity index (χ3v) is 1.83. The van der Waals surface area contributed by atoms with E-state index in [4.69, 9.17) is 21.8 Å². The standard InChI is InChI=1S/C8H7ClN2O/c9-8-2-5-1-6(3-10)12-7(5)4-11-8/h1-2,4H,3,10H2. The normalized spacial score (nSPS) is 10.8. The number of fused-ring (bicyclic) bond motifs is 1. The van der Waals surface area contributed by atoms with Crippen molar-refractivity contribution in [1.29, 1.82) is 0 Å². The van der Waals surface area contributed by atoms with Gasteiger partial charge in [0.1, 0.15) is 10.9 Å². The van der Waals surface area contributed by atoms with Gasteiger partial charge < -0.3 is 10.2 Å². The van der Waals surface area contributed by atoms with E-state index in [1.807, 2.05) is 6.07 Å². The molecule has 0 aliphatic carbocycles. The summed E-state index contributed by atoms with van der Waals surface area (Å²) in [5.74, 6) is 0.745. The summed E-state index contributed by atoms with van der Waals surface area (Å²) in [6.07, 6.45) is 1.59. The molecule has 2 aromatic rings. The number of hydrogen-bond acceptors (Lipinski definition) is 3. The van der Waals surface area contributed by atoms with Crippen molar-refractivity contribution in [3.63, 3.8) is 0 Å². The monoisotopic (exact) mass is 182 g/mol. The Hall–Kier alpha value is -1.06. The number of hydrogen-bond donors (Lipinski definition) is 1. The highest BCUT2D eigenvalue weighted by molar-refractivity contribution is 6.30. The van der Waals surface area contributed by atoms with Gasteiger partial charge in [-0.3, -0.25) is 0 Å². The largest absolute Gasteiger partial charge is 0.458 e. The molecule has 3 nitrogen and oxygen atoms in total. The van der Waals surface area contributed by atoms with Crippen LogP contribution in [0, 0.1) is 0 Å². The number of rotatable bonds is 1. The lowest BCUT2D eigenvalue weighted by molar-refractivity contribution is 0.551. The molecule has 12 heavy (non-hydrogen) atoms. The average Bonchev–Trinajstić information content (AvgIpc) is 2.46. The van der Waals surface area contributed by atoms with E-state index < -0.39 is 0 Å². The van der Waals surface area contributed by atoms with Crippen molar-refractivity contribution in [2.75, 3.05) is 0 Å². The lowest BCUT2D eigenvalue weighted by Crippen LogP contribution is -1.92. The second kappa shape index (κ2) is 2.77. The summed E-state index contributed by atoms with van der Waals surface area (Å²) < 4.78 is 5.33. The predicted molar refractivity (Wildman–Crippen MR) is 46.9 cm³/mol. The van der Waals surface area contributed by atoms with Gasteiger partial charge in [0, 0.05) is 5.39 Å². The van der Waals surface area contributed by atoms with Crippen molar-refractivity contribution < 1.29 is 4.42 Å². The van der Waals surface area contributed by atoms with Crippen molar-refractivity contribution in [3.05, 3.63) is 29.2 Å². The minimum atomic E-state index is 0.395. The van der Waals surface area contributed by atoms with Crippen LogP contribution >= 0.6 is 11.6 Å². The van der Waals surface area contributed by atoms with Crippen LogP contribution in [0.2, 0.25) is 5.15 Å². The molecule has 2 heterocycles. The van der Waals surface area contributed by atoms with Crippen LogP contribution in [0.1, 0.15) is 5.76 Å². The minimum absolute atomic E-state index is 0.395. The molecular weight excluding hydrogens is 176 g/mol. The Kier molecular flexibility index (Phi) is 1.75. The van der Waals surface area contributed by atoms with E-state index in [0.29, 0.717) is 11.7 Å².